The Balaban J connectivity index is 1.94. The lowest BCUT2D eigenvalue weighted by atomic mass is 10.1. The Hall–Kier alpha value is -1.45. The maximum atomic E-state index is 12.0. The number of halogens is 1. The number of fused-ring (bicyclic) bond motifs is 1. The van der Waals surface area contributed by atoms with Gasteiger partial charge < -0.3 is 10.6 Å². The van der Waals surface area contributed by atoms with E-state index in [0.717, 1.165) is 27.2 Å². The average Bonchev–Trinajstić information content (AvgIpc) is 2.97. The van der Waals surface area contributed by atoms with E-state index in [0.29, 0.717) is 5.16 Å². The molecule has 0 radical (unpaired) electrons. The Morgan fingerprint density at radius 2 is 2.33 bits per heavy atom. The molecular weight excluding hydrogens is 356 g/mol. The van der Waals surface area contributed by atoms with Crippen LogP contribution in [0.15, 0.2) is 26.7 Å². The molecule has 1 aromatic heterocycles. The number of nitrogens with one attached hydrogen (secondary N) is 2. The van der Waals surface area contributed by atoms with Crippen molar-refractivity contribution in [3.05, 3.63) is 22.2 Å². The maximum absolute atomic E-state index is 12.0. The highest BCUT2D eigenvalue weighted by Gasteiger charge is 2.30. The van der Waals surface area contributed by atoms with Crippen molar-refractivity contribution >= 4 is 39.3 Å². The molecule has 0 spiro atoms. The molecule has 1 atom stereocenters. The summed E-state index contributed by atoms with van der Waals surface area (Å²) in [6.45, 7) is 2.71. The van der Waals surface area contributed by atoms with E-state index in [1.54, 1.807) is 11.7 Å². The summed E-state index contributed by atoms with van der Waals surface area (Å²) >= 11 is 4.99. The van der Waals surface area contributed by atoms with E-state index in [1.807, 2.05) is 19.1 Å². The van der Waals surface area contributed by atoms with Gasteiger partial charge in [-0.25, -0.2) is 4.68 Å². The summed E-state index contributed by atoms with van der Waals surface area (Å²) in [5, 5.41) is 18.1. The van der Waals surface area contributed by atoms with E-state index in [9.17, 15) is 4.79 Å². The Kier molecular flexibility index (Phi) is 3.96. The minimum absolute atomic E-state index is 0.0266. The first kappa shape index (κ1) is 14.5. The molecule has 2 N–H and O–H groups in total. The van der Waals surface area contributed by atoms with Crippen molar-refractivity contribution in [2.24, 2.45) is 7.05 Å². The summed E-state index contributed by atoms with van der Waals surface area (Å²) in [5.41, 5.74) is 1.78. The van der Waals surface area contributed by atoms with Crippen molar-refractivity contribution in [3.63, 3.8) is 0 Å². The number of aromatic nitrogens is 4. The van der Waals surface area contributed by atoms with Gasteiger partial charge in [0.05, 0.1) is 0 Å². The Bertz CT molecular complexity index is 703. The van der Waals surface area contributed by atoms with Crippen LogP contribution in [0.2, 0.25) is 0 Å². The fourth-order valence-electron chi connectivity index (χ4n) is 2.15. The highest BCUT2D eigenvalue weighted by Crippen LogP contribution is 2.40. The first-order valence-corrected chi connectivity index (χ1v) is 7.99. The molecule has 1 aromatic carbocycles. The van der Waals surface area contributed by atoms with Gasteiger partial charge in [-0.2, -0.15) is 0 Å². The number of amides is 1. The molecule has 0 saturated heterocycles. The predicted molar refractivity (Wildman–Crippen MR) is 82.1 cm³/mol. The van der Waals surface area contributed by atoms with Crippen molar-refractivity contribution in [2.75, 3.05) is 11.9 Å². The summed E-state index contributed by atoms with van der Waals surface area (Å²) in [7, 11) is 1.78. The average molecular weight is 369 g/mol. The van der Waals surface area contributed by atoms with Crippen LogP contribution in [-0.2, 0) is 11.8 Å². The highest BCUT2D eigenvalue weighted by molar-refractivity contribution is 9.10. The Labute approximate surface area is 134 Å². The van der Waals surface area contributed by atoms with Crippen molar-refractivity contribution < 1.29 is 4.79 Å². The van der Waals surface area contributed by atoms with Crippen molar-refractivity contribution in [1.82, 2.24) is 25.5 Å². The third kappa shape index (κ3) is 2.68. The van der Waals surface area contributed by atoms with Crippen LogP contribution in [-0.4, -0.2) is 32.7 Å². The van der Waals surface area contributed by atoms with Gasteiger partial charge in [-0.1, -0.05) is 6.92 Å². The molecule has 0 saturated carbocycles. The number of carbonyl (C=O) groups excluding carboxylic acids is 1. The van der Waals surface area contributed by atoms with E-state index < -0.39 is 0 Å². The number of rotatable bonds is 4. The zero-order chi connectivity index (χ0) is 15.0. The molecule has 1 aliphatic rings. The summed E-state index contributed by atoms with van der Waals surface area (Å²) in [6, 6.07) is 3.61. The summed E-state index contributed by atoms with van der Waals surface area (Å²) < 4.78 is 2.51. The number of tetrazole rings is 1. The van der Waals surface area contributed by atoms with Gasteiger partial charge in [-0.15, -0.1) is 5.10 Å². The van der Waals surface area contributed by atoms with Gasteiger partial charge in [-0.3, -0.25) is 4.79 Å². The molecule has 0 fully saturated rings. The number of carbonyl (C=O) groups is 1. The summed E-state index contributed by atoms with van der Waals surface area (Å²) in [6.07, 6.45) is 0. The lowest BCUT2D eigenvalue weighted by Crippen LogP contribution is -2.27. The minimum atomic E-state index is -0.295. The zero-order valence-electron chi connectivity index (χ0n) is 11.4. The van der Waals surface area contributed by atoms with Gasteiger partial charge >= 0.3 is 0 Å². The Morgan fingerprint density at radius 3 is 3.00 bits per heavy atom. The summed E-state index contributed by atoms with van der Waals surface area (Å²) in [5.74, 6) is -0.0266. The molecule has 3 rings (SSSR count). The van der Waals surface area contributed by atoms with Crippen molar-refractivity contribution in [3.8, 4) is 0 Å². The van der Waals surface area contributed by atoms with Gasteiger partial charge in [0.1, 0.15) is 6.04 Å². The molecule has 9 heteroatoms. The lowest BCUT2D eigenvalue weighted by molar-refractivity contribution is -0.117. The zero-order valence-corrected chi connectivity index (χ0v) is 13.8. The second kappa shape index (κ2) is 5.74. The molecule has 7 nitrogen and oxygen atoms in total. The van der Waals surface area contributed by atoms with Gasteiger partial charge in [-0.05, 0) is 56.8 Å². The van der Waals surface area contributed by atoms with Crippen LogP contribution in [0.25, 0.3) is 0 Å². The van der Waals surface area contributed by atoms with Crippen LogP contribution in [0, 0.1) is 0 Å². The third-order valence-electron chi connectivity index (χ3n) is 3.13. The maximum Gasteiger partial charge on any atom is 0.246 e. The molecule has 1 amide bonds. The highest BCUT2D eigenvalue weighted by atomic mass is 79.9. The molecule has 1 unspecified atom stereocenters. The molecule has 2 heterocycles. The first-order chi connectivity index (χ1) is 10.1. The Morgan fingerprint density at radius 1 is 1.52 bits per heavy atom. The van der Waals surface area contributed by atoms with Crippen LogP contribution in [0.5, 0.6) is 0 Å². The summed E-state index contributed by atoms with van der Waals surface area (Å²) in [4.78, 5) is 12.9. The van der Waals surface area contributed by atoms with Gasteiger partial charge in [0.2, 0.25) is 11.1 Å². The normalized spacial score (nSPS) is 16.9. The number of benzene rings is 1. The second-order valence-corrected chi connectivity index (χ2v) is 6.40. The van der Waals surface area contributed by atoms with Crippen LogP contribution in [0.4, 0.5) is 5.69 Å². The van der Waals surface area contributed by atoms with Crippen molar-refractivity contribution in [2.45, 2.75) is 23.0 Å². The monoisotopic (exact) mass is 368 g/mol. The van der Waals surface area contributed by atoms with Gasteiger partial charge in [0.25, 0.3) is 0 Å². The van der Waals surface area contributed by atoms with Gasteiger partial charge in [0, 0.05) is 27.7 Å². The number of aryl methyl sites for hydroxylation is 1. The third-order valence-corrected chi connectivity index (χ3v) is 5.13. The number of anilines is 1. The number of hydrogen-bond acceptors (Lipinski definition) is 6. The second-order valence-electron chi connectivity index (χ2n) is 4.54. The molecule has 110 valence electrons. The van der Waals surface area contributed by atoms with E-state index in [-0.39, 0.29) is 11.9 Å². The molecule has 1 aliphatic heterocycles. The van der Waals surface area contributed by atoms with E-state index in [1.165, 1.54) is 11.8 Å². The minimum Gasteiger partial charge on any atom is -0.324 e. The van der Waals surface area contributed by atoms with E-state index in [4.69, 9.17) is 0 Å². The smallest absolute Gasteiger partial charge is 0.246 e. The fourth-order valence-corrected chi connectivity index (χ4v) is 3.53. The molecule has 21 heavy (non-hydrogen) atoms. The number of hydrogen-bond donors (Lipinski definition) is 2. The quantitative estimate of drug-likeness (QED) is 0.854. The molecular formula is C12H13BrN6OS. The lowest BCUT2D eigenvalue weighted by Gasteiger charge is -2.11. The van der Waals surface area contributed by atoms with Crippen LogP contribution in [0.1, 0.15) is 18.5 Å². The number of likely N-dealkylation sites (N-methyl/N-ethyl adjacent to an activating group) is 1. The largest absolute Gasteiger partial charge is 0.324 e. The van der Waals surface area contributed by atoms with Gasteiger partial charge in [0.15, 0.2) is 0 Å². The standard InChI is InChI=1S/C12H13BrN6OS/c1-3-14-10-6-4-7(13)9(5-8(6)15-11(10)20)21-12-16-17-18-19(12)2/h4-5,10,14H,3H2,1-2H3,(H,15,20). The topological polar surface area (TPSA) is 84.7 Å². The molecule has 0 bridgehead atoms. The van der Waals surface area contributed by atoms with E-state index >= 15 is 0 Å². The van der Waals surface area contributed by atoms with Crippen LogP contribution in [0.3, 0.4) is 0 Å². The first-order valence-electron chi connectivity index (χ1n) is 6.38. The van der Waals surface area contributed by atoms with Crippen LogP contribution >= 0.6 is 27.7 Å². The van der Waals surface area contributed by atoms with E-state index in [2.05, 4.69) is 42.1 Å². The fraction of sp³-hybridized carbons (Fsp3) is 0.333. The SMILES string of the molecule is CCNC1C(=O)Nc2cc(Sc3nnnn3C)c(Br)cc21. The predicted octanol–water partition coefficient (Wildman–Crippen LogP) is 1.73. The molecule has 2 aromatic rings. The molecule has 0 aliphatic carbocycles. The van der Waals surface area contributed by atoms with Crippen molar-refractivity contribution in [1.29, 1.82) is 0 Å². The number of nitrogens with zero attached hydrogens (tertiary/aromatic N) is 4. The van der Waals surface area contributed by atoms with Crippen LogP contribution < -0.4 is 10.6 Å².